The third-order valence-electron chi connectivity index (χ3n) is 2.56. The SMILES string of the molecule is COc1cc(Nc2ncnc(NN)c2[N+](=O)[O-])ccc1Br. The molecular formula is C11H11BrN6O3. The lowest BCUT2D eigenvalue weighted by Crippen LogP contribution is -2.12. The lowest BCUT2D eigenvalue weighted by molar-refractivity contribution is -0.383. The molecule has 4 N–H and O–H groups in total. The van der Waals surface area contributed by atoms with Crippen molar-refractivity contribution in [2.24, 2.45) is 5.84 Å². The minimum absolute atomic E-state index is 0.0207. The van der Waals surface area contributed by atoms with Gasteiger partial charge in [-0.05, 0) is 28.1 Å². The number of rotatable bonds is 5. The van der Waals surface area contributed by atoms with Crippen LogP contribution in [0.2, 0.25) is 0 Å². The van der Waals surface area contributed by atoms with Gasteiger partial charge in [-0.2, -0.15) is 0 Å². The van der Waals surface area contributed by atoms with Crippen LogP contribution in [-0.4, -0.2) is 22.0 Å². The second-order valence-electron chi connectivity index (χ2n) is 3.80. The Morgan fingerprint density at radius 3 is 2.71 bits per heavy atom. The largest absolute Gasteiger partial charge is 0.495 e. The molecule has 0 aliphatic rings. The van der Waals surface area contributed by atoms with E-state index >= 15 is 0 Å². The van der Waals surface area contributed by atoms with Crippen LogP contribution >= 0.6 is 15.9 Å². The molecule has 0 aliphatic carbocycles. The van der Waals surface area contributed by atoms with Crippen molar-refractivity contribution in [2.75, 3.05) is 17.9 Å². The first kappa shape index (κ1) is 14.9. The average Bonchev–Trinajstić information content (AvgIpc) is 2.48. The standard InChI is InChI=1S/C11H11BrN6O3/c1-21-8-4-6(2-3-7(8)12)16-10-9(18(19)20)11(17-13)15-5-14-10/h2-5H,13H2,1H3,(H2,14,15,16,17). The second-order valence-corrected chi connectivity index (χ2v) is 4.65. The third kappa shape index (κ3) is 3.17. The summed E-state index contributed by atoms with van der Waals surface area (Å²) < 4.78 is 5.92. The monoisotopic (exact) mass is 354 g/mol. The quantitative estimate of drug-likeness (QED) is 0.423. The first-order valence-electron chi connectivity index (χ1n) is 5.63. The van der Waals surface area contributed by atoms with E-state index in [1.807, 2.05) is 0 Å². The summed E-state index contributed by atoms with van der Waals surface area (Å²) in [7, 11) is 1.52. The van der Waals surface area contributed by atoms with E-state index in [1.54, 1.807) is 18.2 Å². The highest BCUT2D eigenvalue weighted by Gasteiger charge is 2.22. The van der Waals surface area contributed by atoms with Gasteiger partial charge in [0.05, 0.1) is 16.5 Å². The molecule has 0 aliphatic heterocycles. The van der Waals surface area contributed by atoms with E-state index in [9.17, 15) is 10.1 Å². The molecule has 1 heterocycles. The lowest BCUT2D eigenvalue weighted by atomic mass is 10.3. The fourth-order valence-corrected chi connectivity index (χ4v) is 2.03. The van der Waals surface area contributed by atoms with Gasteiger partial charge in [-0.3, -0.25) is 10.1 Å². The summed E-state index contributed by atoms with van der Waals surface area (Å²) in [5.41, 5.74) is 2.39. The normalized spacial score (nSPS) is 10.0. The zero-order valence-electron chi connectivity index (χ0n) is 10.8. The smallest absolute Gasteiger partial charge is 0.354 e. The van der Waals surface area contributed by atoms with E-state index in [0.29, 0.717) is 11.4 Å². The maximum absolute atomic E-state index is 11.1. The van der Waals surface area contributed by atoms with Crippen molar-refractivity contribution in [3.05, 3.63) is 39.1 Å². The van der Waals surface area contributed by atoms with Crippen LogP contribution in [0, 0.1) is 10.1 Å². The van der Waals surface area contributed by atoms with Crippen LogP contribution in [0.3, 0.4) is 0 Å². The highest BCUT2D eigenvalue weighted by atomic mass is 79.9. The number of hydrazine groups is 1. The Bertz CT molecular complexity index is 681. The summed E-state index contributed by atoms with van der Waals surface area (Å²) in [5, 5.41) is 14.0. The Balaban J connectivity index is 2.42. The van der Waals surface area contributed by atoms with E-state index in [4.69, 9.17) is 10.6 Å². The second kappa shape index (κ2) is 6.33. The zero-order chi connectivity index (χ0) is 15.4. The molecule has 10 heteroatoms. The zero-order valence-corrected chi connectivity index (χ0v) is 12.4. The molecule has 2 aromatic rings. The van der Waals surface area contributed by atoms with Crippen molar-refractivity contribution in [2.45, 2.75) is 0 Å². The Labute approximate surface area is 127 Å². The number of methoxy groups -OCH3 is 1. The van der Waals surface area contributed by atoms with Crippen molar-refractivity contribution in [1.82, 2.24) is 9.97 Å². The Morgan fingerprint density at radius 2 is 2.10 bits per heavy atom. The van der Waals surface area contributed by atoms with Crippen molar-refractivity contribution in [3.63, 3.8) is 0 Å². The molecule has 2 rings (SSSR count). The van der Waals surface area contributed by atoms with Crippen LogP contribution in [-0.2, 0) is 0 Å². The average molecular weight is 355 g/mol. The first-order valence-corrected chi connectivity index (χ1v) is 6.42. The Kier molecular flexibility index (Phi) is 4.50. The van der Waals surface area contributed by atoms with Crippen LogP contribution in [0.15, 0.2) is 29.0 Å². The minimum Gasteiger partial charge on any atom is -0.495 e. The molecule has 0 radical (unpaired) electrons. The molecule has 1 aromatic carbocycles. The number of nitrogens with two attached hydrogens (primary N) is 1. The molecule has 0 unspecified atom stereocenters. The fourth-order valence-electron chi connectivity index (χ4n) is 1.62. The summed E-state index contributed by atoms with van der Waals surface area (Å²) >= 11 is 3.32. The van der Waals surface area contributed by atoms with Gasteiger partial charge in [0.1, 0.15) is 12.1 Å². The predicted molar refractivity (Wildman–Crippen MR) is 80.5 cm³/mol. The molecular weight excluding hydrogens is 344 g/mol. The molecule has 9 nitrogen and oxygen atoms in total. The van der Waals surface area contributed by atoms with Crippen LogP contribution in [0.4, 0.5) is 23.0 Å². The fraction of sp³-hybridized carbons (Fsp3) is 0.0909. The number of hydrogen-bond acceptors (Lipinski definition) is 8. The number of benzene rings is 1. The number of ether oxygens (including phenoxy) is 1. The van der Waals surface area contributed by atoms with Crippen molar-refractivity contribution in [1.29, 1.82) is 0 Å². The van der Waals surface area contributed by atoms with E-state index < -0.39 is 4.92 Å². The van der Waals surface area contributed by atoms with Gasteiger partial charge >= 0.3 is 5.69 Å². The molecule has 0 saturated heterocycles. The molecule has 0 amide bonds. The van der Waals surface area contributed by atoms with Crippen molar-refractivity contribution >= 4 is 38.9 Å². The number of aromatic nitrogens is 2. The number of nitrogens with one attached hydrogen (secondary N) is 2. The molecule has 0 bridgehead atoms. The number of nitrogen functional groups attached to an aromatic ring is 1. The summed E-state index contributed by atoms with van der Waals surface area (Å²) in [6.45, 7) is 0. The maximum Gasteiger partial charge on any atom is 0.354 e. The molecule has 0 fully saturated rings. The maximum atomic E-state index is 11.1. The molecule has 110 valence electrons. The summed E-state index contributed by atoms with van der Waals surface area (Å²) in [6, 6.07) is 5.13. The van der Waals surface area contributed by atoms with E-state index in [2.05, 4.69) is 36.6 Å². The highest BCUT2D eigenvalue weighted by Crippen LogP contribution is 2.33. The number of nitro groups is 1. The van der Waals surface area contributed by atoms with Crippen molar-refractivity contribution < 1.29 is 9.66 Å². The number of halogens is 1. The molecule has 1 aromatic heterocycles. The van der Waals surface area contributed by atoms with Crippen LogP contribution in [0.5, 0.6) is 5.75 Å². The van der Waals surface area contributed by atoms with E-state index in [0.717, 1.165) is 4.47 Å². The van der Waals surface area contributed by atoms with Crippen LogP contribution in [0.1, 0.15) is 0 Å². The summed E-state index contributed by atoms with van der Waals surface area (Å²) in [6.07, 6.45) is 1.17. The molecule has 21 heavy (non-hydrogen) atoms. The topological polar surface area (TPSA) is 128 Å². The van der Waals surface area contributed by atoms with Gasteiger partial charge in [-0.1, -0.05) is 0 Å². The predicted octanol–water partition coefficient (Wildman–Crippen LogP) is 2.19. The number of anilines is 3. The summed E-state index contributed by atoms with van der Waals surface area (Å²) in [4.78, 5) is 18.1. The van der Waals surface area contributed by atoms with Gasteiger partial charge in [0.2, 0.25) is 11.6 Å². The molecule has 0 atom stereocenters. The van der Waals surface area contributed by atoms with E-state index in [1.165, 1.54) is 13.4 Å². The van der Waals surface area contributed by atoms with E-state index in [-0.39, 0.29) is 17.3 Å². The van der Waals surface area contributed by atoms with Gasteiger partial charge < -0.3 is 15.5 Å². The molecule has 0 spiro atoms. The van der Waals surface area contributed by atoms with Gasteiger partial charge in [-0.15, -0.1) is 0 Å². The van der Waals surface area contributed by atoms with Gasteiger partial charge in [0.15, 0.2) is 0 Å². The molecule has 0 saturated carbocycles. The number of hydrogen-bond donors (Lipinski definition) is 3. The van der Waals surface area contributed by atoms with Gasteiger partial charge in [0, 0.05) is 11.8 Å². The van der Waals surface area contributed by atoms with Crippen LogP contribution < -0.4 is 21.3 Å². The van der Waals surface area contributed by atoms with Gasteiger partial charge in [0.25, 0.3) is 0 Å². The first-order chi connectivity index (χ1) is 10.1. The highest BCUT2D eigenvalue weighted by molar-refractivity contribution is 9.10. The number of nitrogens with zero attached hydrogens (tertiary/aromatic N) is 3. The van der Waals surface area contributed by atoms with Crippen molar-refractivity contribution in [3.8, 4) is 5.75 Å². The Hall–Kier alpha value is -2.46. The lowest BCUT2D eigenvalue weighted by Gasteiger charge is -2.10. The Morgan fingerprint density at radius 1 is 1.38 bits per heavy atom. The van der Waals surface area contributed by atoms with Crippen LogP contribution in [0.25, 0.3) is 0 Å². The third-order valence-corrected chi connectivity index (χ3v) is 3.21. The summed E-state index contributed by atoms with van der Waals surface area (Å²) in [5.74, 6) is 5.73. The minimum atomic E-state index is -0.617. The van der Waals surface area contributed by atoms with Gasteiger partial charge in [-0.25, -0.2) is 15.8 Å².